The summed E-state index contributed by atoms with van der Waals surface area (Å²) in [4.78, 5) is 11.3. The number of hydrogen-bond donors (Lipinski definition) is 2. The van der Waals surface area contributed by atoms with Crippen LogP contribution < -0.4 is 10.6 Å². The maximum absolute atomic E-state index is 11.3. The molecule has 0 aliphatic rings. The minimum absolute atomic E-state index is 0.139. The molecule has 0 heterocycles. The van der Waals surface area contributed by atoms with Gasteiger partial charge in [-0.05, 0) is 33.1 Å². The summed E-state index contributed by atoms with van der Waals surface area (Å²) < 4.78 is 5.38. The fraction of sp³-hybridized carbons (Fsp3) is 0.917. The molecule has 0 atom stereocenters. The van der Waals surface area contributed by atoms with Crippen LogP contribution in [0.25, 0.3) is 0 Å². The summed E-state index contributed by atoms with van der Waals surface area (Å²) in [5.41, 5.74) is -0.192. The molecule has 4 nitrogen and oxygen atoms in total. The van der Waals surface area contributed by atoms with Crippen molar-refractivity contribution < 1.29 is 9.53 Å². The molecule has 2 N–H and O–H groups in total. The summed E-state index contributed by atoms with van der Waals surface area (Å²) in [5, 5.41) is 5.57. The van der Waals surface area contributed by atoms with Gasteiger partial charge in [0.2, 0.25) is 0 Å². The maximum Gasteiger partial charge on any atom is 0.315 e. The van der Waals surface area contributed by atoms with Crippen LogP contribution in [0.3, 0.4) is 0 Å². The van der Waals surface area contributed by atoms with Gasteiger partial charge in [0.05, 0.1) is 6.61 Å². The van der Waals surface area contributed by atoms with Crippen molar-refractivity contribution in [1.29, 1.82) is 0 Å². The minimum Gasteiger partial charge on any atom is -0.380 e. The van der Waals surface area contributed by atoms with Gasteiger partial charge in [0.1, 0.15) is 0 Å². The second-order valence-electron chi connectivity index (χ2n) is 5.43. The summed E-state index contributed by atoms with van der Waals surface area (Å²) in [5.74, 6) is 0.664. The van der Waals surface area contributed by atoms with Crippen molar-refractivity contribution >= 4 is 6.03 Å². The van der Waals surface area contributed by atoms with Gasteiger partial charge in [0.25, 0.3) is 0 Å². The first kappa shape index (κ1) is 15.2. The van der Waals surface area contributed by atoms with Crippen LogP contribution in [0.5, 0.6) is 0 Å². The molecular weight excluding hydrogens is 204 g/mol. The first-order chi connectivity index (χ1) is 7.31. The molecule has 16 heavy (non-hydrogen) atoms. The Morgan fingerprint density at radius 3 is 2.38 bits per heavy atom. The van der Waals surface area contributed by atoms with Gasteiger partial charge in [-0.25, -0.2) is 4.79 Å². The summed E-state index contributed by atoms with van der Waals surface area (Å²) >= 11 is 0. The zero-order chi connectivity index (χ0) is 12.6. The molecule has 0 rings (SSSR count). The molecule has 2 amide bonds. The highest BCUT2D eigenvalue weighted by atomic mass is 16.5. The molecule has 0 aromatic rings. The van der Waals surface area contributed by atoms with E-state index in [1.807, 2.05) is 20.8 Å². The molecule has 0 aromatic heterocycles. The van der Waals surface area contributed by atoms with Crippen LogP contribution >= 0.6 is 0 Å². The van der Waals surface area contributed by atoms with Crippen molar-refractivity contribution in [3.8, 4) is 0 Å². The Labute approximate surface area is 99.1 Å². The second kappa shape index (κ2) is 7.49. The Balaban J connectivity index is 3.35. The number of amides is 2. The van der Waals surface area contributed by atoms with Crippen LogP contribution in [0, 0.1) is 5.92 Å². The Kier molecular flexibility index (Phi) is 7.13. The van der Waals surface area contributed by atoms with Gasteiger partial charge in [-0.1, -0.05) is 13.8 Å². The molecule has 0 radical (unpaired) electrons. The fourth-order valence-electron chi connectivity index (χ4n) is 1.04. The van der Waals surface area contributed by atoms with Crippen LogP contribution in [0.15, 0.2) is 0 Å². The van der Waals surface area contributed by atoms with Crippen molar-refractivity contribution in [2.24, 2.45) is 5.92 Å². The molecule has 0 saturated carbocycles. The SMILES string of the molecule is CC(C)CCOCCNC(=O)NC(C)(C)C. The van der Waals surface area contributed by atoms with Crippen molar-refractivity contribution in [3.63, 3.8) is 0 Å². The fourth-order valence-corrected chi connectivity index (χ4v) is 1.04. The highest BCUT2D eigenvalue weighted by Crippen LogP contribution is 1.98. The van der Waals surface area contributed by atoms with Crippen molar-refractivity contribution in [2.75, 3.05) is 19.8 Å². The lowest BCUT2D eigenvalue weighted by Gasteiger charge is -2.20. The highest BCUT2D eigenvalue weighted by molar-refractivity contribution is 5.74. The molecule has 0 aliphatic carbocycles. The van der Waals surface area contributed by atoms with Gasteiger partial charge in [0.15, 0.2) is 0 Å². The molecular formula is C12H26N2O2. The third-order valence-electron chi connectivity index (χ3n) is 1.86. The summed E-state index contributed by atoms with van der Waals surface area (Å²) in [6.07, 6.45) is 1.06. The van der Waals surface area contributed by atoms with Gasteiger partial charge < -0.3 is 15.4 Å². The third-order valence-corrected chi connectivity index (χ3v) is 1.86. The number of urea groups is 1. The highest BCUT2D eigenvalue weighted by Gasteiger charge is 2.12. The lowest BCUT2D eigenvalue weighted by Crippen LogP contribution is -2.47. The van der Waals surface area contributed by atoms with E-state index in [2.05, 4.69) is 24.5 Å². The van der Waals surface area contributed by atoms with E-state index in [1.54, 1.807) is 0 Å². The lowest BCUT2D eigenvalue weighted by molar-refractivity contribution is 0.125. The average Bonchev–Trinajstić information content (AvgIpc) is 2.07. The zero-order valence-electron chi connectivity index (χ0n) is 11.2. The van der Waals surface area contributed by atoms with Crippen LogP contribution in [0.2, 0.25) is 0 Å². The molecule has 0 aliphatic heterocycles. The number of rotatable bonds is 6. The Hall–Kier alpha value is -0.770. The number of hydrogen-bond acceptors (Lipinski definition) is 2. The Bertz CT molecular complexity index is 198. The topological polar surface area (TPSA) is 50.4 Å². The predicted molar refractivity (Wildman–Crippen MR) is 66.6 cm³/mol. The molecule has 4 heteroatoms. The number of carbonyl (C=O) groups is 1. The summed E-state index contributed by atoms with van der Waals surface area (Å²) in [6.45, 7) is 12.1. The van der Waals surface area contributed by atoms with Gasteiger partial charge >= 0.3 is 6.03 Å². The van der Waals surface area contributed by atoms with Crippen LogP contribution in [0.1, 0.15) is 41.0 Å². The van der Waals surface area contributed by atoms with E-state index in [0.717, 1.165) is 13.0 Å². The Morgan fingerprint density at radius 2 is 1.88 bits per heavy atom. The van der Waals surface area contributed by atoms with E-state index in [4.69, 9.17) is 4.74 Å². The number of carbonyl (C=O) groups excluding carboxylic acids is 1. The zero-order valence-corrected chi connectivity index (χ0v) is 11.2. The van der Waals surface area contributed by atoms with Crippen molar-refractivity contribution in [3.05, 3.63) is 0 Å². The molecule has 0 unspecified atom stereocenters. The number of nitrogens with one attached hydrogen (secondary N) is 2. The summed E-state index contributed by atoms with van der Waals surface area (Å²) in [6, 6.07) is -0.139. The van der Waals surface area contributed by atoms with Crippen LogP contribution in [-0.4, -0.2) is 31.3 Å². The van der Waals surface area contributed by atoms with E-state index in [0.29, 0.717) is 19.1 Å². The van der Waals surface area contributed by atoms with Crippen molar-refractivity contribution in [1.82, 2.24) is 10.6 Å². The third kappa shape index (κ3) is 11.3. The molecule has 0 spiro atoms. The smallest absolute Gasteiger partial charge is 0.315 e. The molecule has 0 aromatic carbocycles. The molecule has 0 fully saturated rings. The molecule has 0 bridgehead atoms. The molecule has 0 saturated heterocycles. The summed E-state index contributed by atoms with van der Waals surface area (Å²) in [7, 11) is 0. The normalized spacial score (nSPS) is 11.6. The van der Waals surface area contributed by atoms with Crippen molar-refractivity contribution in [2.45, 2.75) is 46.6 Å². The lowest BCUT2D eigenvalue weighted by atomic mass is 10.1. The van der Waals surface area contributed by atoms with Gasteiger partial charge in [-0.15, -0.1) is 0 Å². The second-order valence-corrected chi connectivity index (χ2v) is 5.43. The van der Waals surface area contributed by atoms with E-state index >= 15 is 0 Å². The standard InChI is InChI=1S/C12H26N2O2/c1-10(2)6-8-16-9-7-13-11(15)14-12(3,4)5/h10H,6-9H2,1-5H3,(H2,13,14,15). The molecule has 96 valence electrons. The monoisotopic (exact) mass is 230 g/mol. The minimum atomic E-state index is -0.192. The van der Waals surface area contributed by atoms with Gasteiger partial charge in [0, 0.05) is 18.7 Å². The maximum atomic E-state index is 11.3. The first-order valence-electron chi connectivity index (χ1n) is 5.95. The quantitative estimate of drug-likeness (QED) is 0.687. The first-order valence-corrected chi connectivity index (χ1v) is 5.95. The van der Waals surface area contributed by atoms with E-state index in [1.165, 1.54) is 0 Å². The van der Waals surface area contributed by atoms with E-state index in [9.17, 15) is 4.79 Å². The Morgan fingerprint density at radius 1 is 1.25 bits per heavy atom. The van der Waals surface area contributed by atoms with Crippen LogP contribution in [-0.2, 0) is 4.74 Å². The average molecular weight is 230 g/mol. The number of ether oxygens (including phenoxy) is 1. The van der Waals surface area contributed by atoms with E-state index in [-0.39, 0.29) is 11.6 Å². The van der Waals surface area contributed by atoms with E-state index < -0.39 is 0 Å². The van der Waals surface area contributed by atoms with Gasteiger partial charge in [-0.3, -0.25) is 0 Å². The predicted octanol–water partition coefficient (Wildman–Crippen LogP) is 2.15. The van der Waals surface area contributed by atoms with Gasteiger partial charge in [-0.2, -0.15) is 0 Å². The van der Waals surface area contributed by atoms with Crippen LogP contribution in [0.4, 0.5) is 4.79 Å². The largest absolute Gasteiger partial charge is 0.380 e.